The number of amides is 1. The molecule has 1 saturated heterocycles. The van der Waals surface area contributed by atoms with Gasteiger partial charge in [0.25, 0.3) is 0 Å². The van der Waals surface area contributed by atoms with Gasteiger partial charge in [-0.3, -0.25) is 4.79 Å². The fourth-order valence-corrected chi connectivity index (χ4v) is 3.75. The van der Waals surface area contributed by atoms with Crippen molar-refractivity contribution in [2.75, 3.05) is 19.7 Å². The number of rotatable bonds is 4. The Morgan fingerprint density at radius 3 is 2.87 bits per heavy atom. The van der Waals surface area contributed by atoms with Gasteiger partial charge in [0.05, 0.1) is 12.1 Å². The molecule has 0 radical (unpaired) electrons. The minimum absolute atomic E-state index is 0.141. The Labute approximate surface area is 140 Å². The number of carbonyl (C=O) groups is 1. The molecule has 23 heavy (non-hydrogen) atoms. The lowest BCUT2D eigenvalue weighted by atomic mass is 9.97. The van der Waals surface area contributed by atoms with Crippen molar-refractivity contribution in [1.29, 1.82) is 0 Å². The van der Waals surface area contributed by atoms with E-state index >= 15 is 0 Å². The molecule has 1 aromatic heterocycles. The first-order chi connectivity index (χ1) is 11.2. The van der Waals surface area contributed by atoms with Crippen molar-refractivity contribution in [2.45, 2.75) is 26.2 Å². The zero-order chi connectivity index (χ0) is 16.2. The summed E-state index contributed by atoms with van der Waals surface area (Å²) in [4.78, 5) is 18.9. The fraction of sp³-hybridized carbons (Fsp3) is 0.444. The Morgan fingerprint density at radius 2 is 2.17 bits per heavy atom. The highest BCUT2D eigenvalue weighted by molar-refractivity contribution is 7.13. The third-order valence-corrected chi connectivity index (χ3v) is 5.31. The molecule has 122 valence electrons. The molecule has 0 unspecified atom stereocenters. The third kappa shape index (κ3) is 3.98. The molecule has 1 aliphatic rings. The zero-order valence-electron chi connectivity index (χ0n) is 13.4. The van der Waals surface area contributed by atoms with E-state index < -0.39 is 0 Å². The molecule has 4 nitrogen and oxygen atoms in total. The van der Waals surface area contributed by atoms with Crippen molar-refractivity contribution in [1.82, 2.24) is 9.88 Å². The Kier molecular flexibility index (Phi) is 5.08. The van der Waals surface area contributed by atoms with E-state index in [1.807, 2.05) is 16.3 Å². The second-order valence-electron chi connectivity index (χ2n) is 6.20. The number of likely N-dealkylation sites (tertiary alicyclic amines) is 1. The van der Waals surface area contributed by atoms with E-state index in [0.717, 1.165) is 42.2 Å². The summed E-state index contributed by atoms with van der Waals surface area (Å²) in [6.07, 6.45) is 2.16. The van der Waals surface area contributed by atoms with E-state index in [1.165, 1.54) is 5.56 Å². The predicted octanol–water partition coefficient (Wildman–Crippen LogP) is 2.89. The molecule has 0 saturated carbocycles. The number of nitrogens with zero attached hydrogens (tertiary/aromatic N) is 2. The van der Waals surface area contributed by atoms with E-state index in [4.69, 9.17) is 5.11 Å². The molecule has 1 aliphatic heterocycles. The van der Waals surface area contributed by atoms with E-state index in [0.29, 0.717) is 12.3 Å². The van der Waals surface area contributed by atoms with Crippen molar-refractivity contribution in [3.8, 4) is 10.6 Å². The minimum atomic E-state index is 0.141. The lowest BCUT2D eigenvalue weighted by molar-refractivity contribution is -0.132. The summed E-state index contributed by atoms with van der Waals surface area (Å²) < 4.78 is 0. The topological polar surface area (TPSA) is 53.4 Å². The van der Waals surface area contributed by atoms with E-state index in [9.17, 15) is 4.79 Å². The summed E-state index contributed by atoms with van der Waals surface area (Å²) in [6.45, 7) is 3.80. The third-order valence-electron chi connectivity index (χ3n) is 4.37. The van der Waals surface area contributed by atoms with Gasteiger partial charge in [0.2, 0.25) is 5.91 Å². The van der Waals surface area contributed by atoms with Crippen molar-refractivity contribution in [2.24, 2.45) is 5.92 Å². The zero-order valence-corrected chi connectivity index (χ0v) is 14.2. The number of aliphatic hydroxyl groups excluding tert-OH is 1. The maximum absolute atomic E-state index is 12.4. The highest BCUT2D eigenvalue weighted by atomic mass is 32.1. The average Bonchev–Trinajstić information content (AvgIpc) is 3.03. The Bertz CT molecular complexity index is 675. The number of hydrogen-bond acceptors (Lipinski definition) is 4. The smallest absolute Gasteiger partial charge is 0.228 e. The molecule has 1 aromatic carbocycles. The van der Waals surface area contributed by atoms with Crippen LogP contribution in [0.4, 0.5) is 0 Å². The first-order valence-electron chi connectivity index (χ1n) is 8.06. The van der Waals surface area contributed by atoms with Gasteiger partial charge in [-0.15, -0.1) is 11.3 Å². The second kappa shape index (κ2) is 7.23. The van der Waals surface area contributed by atoms with Crippen molar-refractivity contribution < 1.29 is 9.90 Å². The van der Waals surface area contributed by atoms with Crippen LogP contribution in [0.3, 0.4) is 0 Å². The summed E-state index contributed by atoms with van der Waals surface area (Å²) in [6, 6.07) is 8.26. The highest BCUT2D eigenvalue weighted by Gasteiger charge is 2.22. The van der Waals surface area contributed by atoms with Gasteiger partial charge in [-0.05, 0) is 31.7 Å². The van der Waals surface area contributed by atoms with Gasteiger partial charge in [-0.2, -0.15) is 0 Å². The molecule has 1 N–H and O–H groups in total. The molecule has 0 bridgehead atoms. The molecular formula is C18H22N2O2S. The largest absolute Gasteiger partial charge is 0.396 e. The van der Waals surface area contributed by atoms with Crippen LogP contribution in [0, 0.1) is 12.8 Å². The summed E-state index contributed by atoms with van der Waals surface area (Å²) in [5.74, 6) is 0.494. The molecule has 3 rings (SSSR count). The van der Waals surface area contributed by atoms with Crippen LogP contribution in [0.1, 0.15) is 24.1 Å². The van der Waals surface area contributed by atoms with Gasteiger partial charge >= 0.3 is 0 Å². The van der Waals surface area contributed by atoms with Gasteiger partial charge in [0.1, 0.15) is 5.01 Å². The minimum Gasteiger partial charge on any atom is -0.396 e. The van der Waals surface area contributed by atoms with Gasteiger partial charge in [-0.1, -0.05) is 23.8 Å². The van der Waals surface area contributed by atoms with Crippen LogP contribution in [-0.2, 0) is 11.2 Å². The predicted molar refractivity (Wildman–Crippen MR) is 92.4 cm³/mol. The normalized spacial score (nSPS) is 15.8. The van der Waals surface area contributed by atoms with Crippen LogP contribution in [0.2, 0.25) is 0 Å². The van der Waals surface area contributed by atoms with Crippen molar-refractivity contribution >= 4 is 17.2 Å². The van der Waals surface area contributed by atoms with Crippen LogP contribution < -0.4 is 0 Å². The lowest BCUT2D eigenvalue weighted by Crippen LogP contribution is -2.40. The summed E-state index contributed by atoms with van der Waals surface area (Å²) >= 11 is 1.59. The summed E-state index contributed by atoms with van der Waals surface area (Å²) in [5, 5.41) is 12.1. The van der Waals surface area contributed by atoms with Crippen molar-refractivity contribution in [3.05, 3.63) is 40.9 Å². The van der Waals surface area contributed by atoms with Crippen LogP contribution in [0.5, 0.6) is 0 Å². The highest BCUT2D eigenvalue weighted by Crippen LogP contribution is 2.25. The monoisotopic (exact) mass is 330 g/mol. The lowest BCUT2D eigenvalue weighted by Gasteiger charge is -2.31. The van der Waals surface area contributed by atoms with Crippen molar-refractivity contribution in [3.63, 3.8) is 0 Å². The number of carbonyl (C=O) groups excluding carboxylic acids is 1. The maximum atomic E-state index is 12.4. The Hall–Kier alpha value is -1.72. The SMILES string of the molecule is Cc1cccc(-c2nc(CC(=O)N3CCC(CO)CC3)cs2)c1. The van der Waals surface area contributed by atoms with E-state index in [1.54, 1.807) is 11.3 Å². The Balaban J connectivity index is 1.62. The standard InChI is InChI=1S/C18H22N2O2S/c1-13-3-2-4-15(9-13)18-19-16(12-23-18)10-17(22)20-7-5-14(11-21)6-8-20/h2-4,9,12,14,21H,5-8,10-11H2,1H3. The molecule has 2 aromatic rings. The molecule has 0 atom stereocenters. The second-order valence-corrected chi connectivity index (χ2v) is 7.06. The maximum Gasteiger partial charge on any atom is 0.228 e. The molecule has 5 heteroatoms. The number of hydrogen-bond donors (Lipinski definition) is 1. The number of aromatic nitrogens is 1. The summed E-state index contributed by atoms with van der Waals surface area (Å²) in [5.41, 5.74) is 3.17. The Morgan fingerprint density at radius 1 is 1.39 bits per heavy atom. The number of aryl methyl sites for hydroxylation is 1. The van der Waals surface area contributed by atoms with Crippen LogP contribution >= 0.6 is 11.3 Å². The number of thiazole rings is 1. The first kappa shape index (κ1) is 16.1. The van der Waals surface area contributed by atoms with Crippen LogP contribution in [0.25, 0.3) is 10.6 Å². The van der Waals surface area contributed by atoms with E-state index in [2.05, 4.69) is 30.1 Å². The molecular weight excluding hydrogens is 308 g/mol. The van der Waals surface area contributed by atoms with E-state index in [-0.39, 0.29) is 12.5 Å². The number of benzene rings is 1. The number of piperidine rings is 1. The van der Waals surface area contributed by atoms with Crippen LogP contribution in [-0.4, -0.2) is 40.6 Å². The quantitative estimate of drug-likeness (QED) is 0.938. The number of aliphatic hydroxyl groups is 1. The first-order valence-corrected chi connectivity index (χ1v) is 8.94. The average molecular weight is 330 g/mol. The van der Waals surface area contributed by atoms with Gasteiger partial charge in [0.15, 0.2) is 0 Å². The fourth-order valence-electron chi connectivity index (χ4n) is 2.93. The van der Waals surface area contributed by atoms with Crippen LogP contribution in [0.15, 0.2) is 29.6 Å². The molecule has 1 fully saturated rings. The van der Waals surface area contributed by atoms with Gasteiger partial charge in [0, 0.05) is 30.6 Å². The molecule has 0 spiro atoms. The van der Waals surface area contributed by atoms with Gasteiger partial charge < -0.3 is 10.0 Å². The molecule has 2 heterocycles. The van der Waals surface area contributed by atoms with Gasteiger partial charge in [-0.25, -0.2) is 4.98 Å². The summed E-state index contributed by atoms with van der Waals surface area (Å²) in [7, 11) is 0. The molecule has 0 aliphatic carbocycles. The molecule has 1 amide bonds.